The molecule has 1 N–H and O–H groups in total. The minimum atomic E-state index is -2.89. The Balaban J connectivity index is 2.60. The highest BCUT2D eigenvalue weighted by atomic mass is 19.3. The minimum absolute atomic E-state index is 0.111. The van der Waals surface area contributed by atoms with Gasteiger partial charge in [0.15, 0.2) is 11.6 Å². The molecule has 20 heavy (non-hydrogen) atoms. The highest BCUT2D eigenvalue weighted by molar-refractivity contribution is 5.86. The molecule has 106 valence electrons. The number of nitrogens with zero attached hydrogens (tertiary/aromatic N) is 1. The summed E-state index contributed by atoms with van der Waals surface area (Å²) in [6.07, 6.45) is -2.89. The second-order valence-corrected chi connectivity index (χ2v) is 3.77. The lowest BCUT2D eigenvalue weighted by atomic mass is 10.1. The van der Waals surface area contributed by atoms with E-state index >= 15 is 0 Å². The number of aromatic nitrogens is 1. The number of benzene rings is 1. The van der Waals surface area contributed by atoms with Crippen LogP contribution in [0, 0.1) is 5.82 Å². The maximum atomic E-state index is 13.7. The number of rotatable bonds is 4. The van der Waals surface area contributed by atoms with E-state index in [1.165, 1.54) is 0 Å². The zero-order valence-corrected chi connectivity index (χ0v) is 10.1. The number of halogens is 3. The molecule has 0 aliphatic heterocycles. The van der Waals surface area contributed by atoms with E-state index in [0.717, 1.165) is 19.2 Å². The molecule has 1 aromatic heterocycles. The number of carbonyl (C=O) groups is 1. The first kappa shape index (κ1) is 13.9. The SMILES string of the molecule is COc1c(F)cc(C(F)F)cc1-c1cc(C(=O)O)on1. The third-order valence-electron chi connectivity index (χ3n) is 2.52. The van der Waals surface area contributed by atoms with Gasteiger partial charge >= 0.3 is 5.97 Å². The molecule has 0 amide bonds. The summed E-state index contributed by atoms with van der Waals surface area (Å²) in [7, 11) is 1.15. The topological polar surface area (TPSA) is 72.6 Å². The summed E-state index contributed by atoms with van der Waals surface area (Å²) in [6.45, 7) is 0. The van der Waals surface area contributed by atoms with Crippen molar-refractivity contribution < 1.29 is 32.3 Å². The first-order valence-corrected chi connectivity index (χ1v) is 5.30. The first-order chi connectivity index (χ1) is 9.43. The lowest BCUT2D eigenvalue weighted by Gasteiger charge is -2.09. The molecule has 2 aromatic rings. The van der Waals surface area contributed by atoms with Gasteiger partial charge in [0.2, 0.25) is 5.76 Å². The number of hydrogen-bond donors (Lipinski definition) is 1. The van der Waals surface area contributed by atoms with Gasteiger partial charge in [-0.15, -0.1) is 0 Å². The molecule has 1 heterocycles. The maximum Gasteiger partial charge on any atom is 0.374 e. The van der Waals surface area contributed by atoms with Gasteiger partial charge in [0.1, 0.15) is 5.69 Å². The van der Waals surface area contributed by atoms with Crippen LogP contribution in [0.1, 0.15) is 22.5 Å². The van der Waals surface area contributed by atoms with Gasteiger partial charge in [-0.3, -0.25) is 0 Å². The fourth-order valence-corrected chi connectivity index (χ4v) is 1.64. The Morgan fingerprint density at radius 1 is 1.40 bits per heavy atom. The Labute approximate surface area is 110 Å². The van der Waals surface area contributed by atoms with E-state index in [1.54, 1.807) is 0 Å². The van der Waals surface area contributed by atoms with E-state index in [2.05, 4.69) is 9.68 Å². The number of carboxylic acid groups (broad SMARTS) is 1. The summed E-state index contributed by atoms with van der Waals surface area (Å²) in [5.74, 6) is -3.20. The van der Waals surface area contributed by atoms with Gasteiger partial charge in [-0.2, -0.15) is 0 Å². The Kier molecular flexibility index (Phi) is 3.64. The smallest absolute Gasteiger partial charge is 0.374 e. The summed E-state index contributed by atoms with van der Waals surface area (Å²) < 4.78 is 48.3. The monoisotopic (exact) mass is 287 g/mol. The molecule has 5 nitrogen and oxygen atoms in total. The van der Waals surface area contributed by atoms with E-state index in [0.29, 0.717) is 6.07 Å². The number of aromatic carboxylic acids is 1. The normalized spacial score (nSPS) is 10.8. The van der Waals surface area contributed by atoms with E-state index in [1.807, 2.05) is 0 Å². The Morgan fingerprint density at radius 2 is 2.10 bits per heavy atom. The molecule has 0 radical (unpaired) electrons. The highest BCUT2D eigenvalue weighted by Gasteiger charge is 2.21. The van der Waals surface area contributed by atoms with Gasteiger partial charge < -0.3 is 14.4 Å². The van der Waals surface area contributed by atoms with Crippen LogP contribution in [0.15, 0.2) is 22.7 Å². The van der Waals surface area contributed by atoms with E-state index in [9.17, 15) is 18.0 Å². The van der Waals surface area contributed by atoms with Crippen LogP contribution >= 0.6 is 0 Å². The third-order valence-corrected chi connectivity index (χ3v) is 2.52. The molecule has 0 atom stereocenters. The predicted molar refractivity (Wildman–Crippen MR) is 60.4 cm³/mol. The molecular formula is C12H8F3NO4. The van der Waals surface area contributed by atoms with Crippen molar-refractivity contribution in [1.29, 1.82) is 0 Å². The van der Waals surface area contributed by atoms with Gasteiger partial charge in [-0.05, 0) is 12.1 Å². The summed E-state index contributed by atoms with van der Waals surface area (Å²) in [4.78, 5) is 10.7. The fourth-order valence-electron chi connectivity index (χ4n) is 1.64. The molecule has 0 unspecified atom stereocenters. The van der Waals surface area contributed by atoms with Crippen LogP contribution in [-0.4, -0.2) is 23.3 Å². The van der Waals surface area contributed by atoms with Crippen LogP contribution in [0.5, 0.6) is 5.75 Å². The van der Waals surface area contributed by atoms with Crippen LogP contribution in [0.3, 0.4) is 0 Å². The van der Waals surface area contributed by atoms with Crippen LogP contribution < -0.4 is 4.74 Å². The van der Waals surface area contributed by atoms with Gasteiger partial charge in [-0.25, -0.2) is 18.0 Å². The lowest BCUT2D eigenvalue weighted by molar-refractivity contribution is 0.0652. The second-order valence-electron chi connectivity index (χ2n) is 3.77. The van der Waals surface area contributed by atoms with Crippen molar-refractivity contribution in [2.24, 2.45) is 0 Å². The average Bonchev–Trinajstić information content (AvgIpc) is 2.87. The number of alkyl halides is 2. The summed E-state index contributed by atoms with van der Waals surface area (Å²) >= 11 is 0. The van der Waals surface area contributed by atoms with E-state index in [-0.39, 0.29) is 17.0 Å². The van der Waals surface area contributed by atoms with Crippen molar-refractivity contribution in [3.05, 3.63) is 35.3 Å². The maximum absolute atomic E-state index is 13.7. The standard InChI is InChI=1S/C12H8F3NO4/c1-19-10-6(2-5(11(14)15)3-7(10)13)8-4-9(12(17)18)20-16-8/h2-4,11H,1H3,(H,17,18). The Morgan fingerprint density at radius 3 is 2.60 bits per heavy atom. The summed E-state index contributed by atoms with van der Waals surface area (Å²) in [5.41, 5.74) is -0.794. The largest absolute Gasteiger partial charge is 0.493 e. The average molecular weight is 287 g/mol. The van der Waals surface area contributed by atoms with Gasteiger partial charge in [0.25, 0.3) is 6.43 Å². The predicted octanol–water partition coefficient (Wildman–Crippen LogP) is 3.13. The van der Waals surface area contributed by atoms with Crippen molar-refractivity contribution in [2.45, 2.75) is 6.43 Å². The molecule has 2 rings (SSSR count). The number of ether oxygens (including phenoxy) is 1. The van der Waals surface area contributed by atoms with E-state index < -0.39 is 29.5 Å². The second kappa shape index (κ2) is 5.24. The Bertz CT molecular complexity index is 654. The molecule has 0 saturated carbocycles. The minimum Gasteiger partial charge on any atom is -0.493 e. The van der Waals surface area contributed by atoms with Crippen molar-refractivity contribution in [2.75, 3.05) is 7.11 Å². The quantitative estimate of drug-likeness (QED) is 0.935. The van der Waals surface area contributed by atoms with Gasteiger partial charge in [0.05, 0.1) is 7.11 Å². The number of hydrogen-bond acceptors (Lipinski definition) is 4. The van der Waals surface area contributed by atoms with Crippen LogP contribution in [-0.2, 0) is 0 Å². The molecule has 0 aliphatic carbocycles. The molecule has 0 fully saturated rings. The van der Waals surface area contributed by atoms with Crippen molar-refractivity contribution >= 4 is 5.97 Å². The van der Waals surface area contributed by atoms with Crippen molar-refractivity contribution in [3.8, 4) is 17.0 Å². The van der Waals surface area contributed by atoms with Crippen molar-refractivity contribution in [3.63, 3.8) is 0 Å². The molecule has 0 aliphatic rings. The van der Waals surface area contributed by atoms with Crippen molar-refractivity contribution in [1.82, 2.24) is 5.16 Å². The lowest BCUT2D eigenvalue weighted by Crippen LogP contribution is -1.96. The zero-order chi connectivity index (χ0) is 14.9. The van der Waals surface area contributed by atoms with Crippen LogP contribution in [0.2, 0.25) is 0 Å². The fraction of sp³-hybridized carbons (Fsp3) is 0.167. The number of methoxy groups -OCH3 is 1. The van der Waals surface area contributed by atoms with Crippen LogP contribution in [0.25, 0.3) is 11.3 Å². The molecule has 8 heteroatoms. The van der Waals surface area contributed by atoms with Crippen LogP contribution in [0.4, 0.5) is 13.2 Å². The molecule has 0 bridgehead atoms. The zero-order valence-electron chi connectivity index (χ0n) is 10.1. The third kappa shape index (κ3) is 2.44. The molecule has 0 spiro atoms. The van der Waals surface area contributed by atoms with Gasteiger partial charge in [-0.1, -0.05) is 5.16 Å². The Hall–Kier alpha value is -2.51. The first-order valence-electron chi connectivity index (χ1n) is 5.30. The highest BCUT2D eigenvalue weighted by Crippen LogP contribution is 2.35. The molecule has 1 aromatic carbocycles. The molecular weight excluding hydrogens is 279 g/mol. The molecule has 0 saturated heterocycles. The summed E-state index contributed by atoms with van der Waals surface area (Å²) in [6, 6.07) is 2.61. The summed E-state index contributed by atoms with van der Waals surface area (Å²) in [5, 5.41) is 12.1. The number of carboxylic acids is 1. The van der Waals surface area contributed by atoms with E-state index in [4.69, 9.17) is 9.84 Å². The van der Waals surface area contributed by atoms with Gasteiger partial charge in [0, 0.05) is 17.2 Å².